The summed E-state index contributed by atoms with van der Waals surface area (Å²) in [4.78, 5) is 25.4. The van der Waals surface area contributed by atoms with Gasteiger partial charge >= 0.3 is 0 Å². The third kappa shape index (κ3) is 4.01. The summed E-state index contributed by atoms with van der Waals surface area (Å²) in [5.41, 5.74) is 11.8. The number of hydrogen-bond acceptors (Lipinski definition) is 4. The van der Waals surface area contributed by atoms with Gasteiger partial charge < -0.3 is 21.7 Å². The summed E-state index contributed by atoms with van der Waals surface area (Å²) in [5.74, 6) is -0.738. The molecule has 0 fully saturated rings. The first kappa shape index (κ1) is 17.1. The maximum atomic E-state index is 12.2. The van der Waals surface area contributed by atoms with Crippen LogP contribution in [0.3, 0.4) is 0 Å². The summed E-state index contributed by atoms with van der Waals surface area (Å²) in [6, 6.07) is 2.40. The van der Waals surface area contributed by atoms with Crippen LogP contribution >= 0.6 is 11.6 Å². The first-order valence-electron chi connectivity index (χ1n) is 6.75. The number of rotatable bonds is 6. The molecule has 0 aromatic heterocycles. The largest absolute Gasteiger partial charge is 0.399 e. The summed E-state index contributed by atoms with van der Waals surface area (Å²) in [6.45, 7) is 6.73. The van der Waals surface area contributed by atoms with Crippen molar-refractivity contribution < 1.29 is 9.59 Å². The number of hydrogen-bond donors (Lipinski definition) is 3. The zero-order chi connectivity index (χ0) is 16.2. The molecule has 1 aromatic carbocycles. The van der Waals surface area contributed by atoms with Crippen LogP contribution in [0.5, 0.6) is 0 Å². The number of nitrogens with two attached hydrogens (primary N) is 2. The van der Waals surface area contributed by atoms with E-state index in [0.29, 0.717) is 24.5 Å². The Morgan fingerprint density at radius 1 is 1.33 bits per heavy atom. The molecular formula is C14H21ClN4O2. The van der Waals surface area contributed by atoms with E-state index in [1.165, 1.54) is 12.1 Å². The number of nitrogen functional groups attached to an aromatic ring is 1. The van der Waals surface area contributed by atoms with Crippen LogP contribution in [0.15, 0.2) is 12.1 Å². The highest BCUT2D eigenvalue weighted by atomic mass is 35.5. The zero-order valence-electron chi connectivity index (χ0n) is 12.4. The van der Waals surface area contributed by atoms with Crippen molar-refractivity contribution in [1.29, 1.82) is 0 Å². The van der Waals surface area contributed by atoms with Gasteiger partial charge in [0.05, 0.1) is 16.3 Å². The Morgan fingerprint density at radius 3 is 2.38 bits per heavy atom. The number of nitrogens with one attached hydrogen (secondary N) is 1. The fraction of sp³-hybridized carbons (Fsp3) is 0.429. The fourth-order valence-corrected chi connectivity index (χ4v) is 2.34. The topological polar surface area (TPSA) is 101 Å². The zero-order valence-corrected chi connectivity index (χ0v) is 13.2. The number of benzene rings is 1. The van der Waals surface area contributed by atoms with E-state index in [4.69, 9.17) is 23.1 Å². The molecule has 5 N–H and O–H groups in total. The summed E-state index contributed by atoms with van der Waals surface area (Å²) >= 11 is 6.10. The maximum Gasteiger partial charge on any atom is 0.250 e. The van der Waals surface area contributed by atoms with Gasteiger partial charge in [-0.25, -0.2) is 0 Å². The number of anilines is 2. The number of likely N-dealkylation sites (N-methyl/N-ethyl adjacent to an activating group) is 1. The molecule has 0 bridgehead atoms. The Morgan fingerprint density at radius 2 is 1.90 bits per heavy atom. The molecule has 0 saturated heterocycles. The monoisotopic (exact) mass is 312 g/mol. The average Bonchev–Trinajstić information content (AvgIpc) is 2.42. The van der Waals surface area contributed by atoms with Gasteiger partial charge in [0.2, 0.25) is 5.91 Å². The molecule has 21 heavy (non-hydrogen) atoms. The van der Waals surface area contributed by atoms with Crippen LogP contribution in [-0.2, 0) is 4.79 Å². The number of carbonyl (C=O) groups is 2. The normalized spacial score (nSPS) is 11.8. The van der Waals surface area contributed by atoms with E-state index in [0.717, 1.165) is 0 Å². The third-order valence-corrected chi connectivity index (χ3v) is 3.48. The lowest BCUT2D eigenvalue weighted by atomic mass is 10.1. The van der Waals surface area contributed by atoms with Gasteiger partial charge in [-0.1, -0.05) is 11.6 Å². The molecule has 0 aliphatic carbocycles. The van der Waals surface area contributed by atoms with Gasteiger partial charge in [0.15, 0.2) is 0 Å². The minimum absolute atomic E-state index is 0.0803. The molecule has 0 radical (unpaired) electrons. The highest BCUT2D eigenvalue weighted by Gasteiger charge is 2.21. The second-order valence-corrected chi connectivity index (χ2v) is 5.07. The molecular weight excluding hydrogens is 292 g/mol. The van der Waals surface area contributed by atoms with Crippen LogP contribution in [0.25, 0.3) is 0 Å². The Hall–Kier alpha value is -1.95. The van der Waals surface area contributed by atoms with Crippen LogP contribution < -0.4 is 16.8 Å². The molecule has 0 aliphatic heterocycles. The van der Waals surface area contributed by atoms with E-state index < -0.39 is 11.9 Å². The first-order chi connectivity index (χ1) is 9.81. The van der Waals surface area contributed by atoms with Crippen LogP contribution in [-0.4, -0.2) is 35.8 Å². The van der Waals surface area contributed by atoms with E-state index in [2.05, 4.69) is 5.32 Å². The summed E-state index contributed by atoms with van der Waals surface area (Å²) in [5, 5.41) is 3.21. The van der Waals surface area contributed by atoms with Crippen molar-refractivity contribution in [2.24, 2.45) is 5.73 Å². The standard InChI is InChI=1S/C14H21ClN4O2/c1-4-19(5-2)14(21)8(3)18-12-10(13(17)20)6-9(16)7-11(12)15/h6-8,18H,4-5,16H2,1-3H3,(H2,17,20). The molecule has 2 amide bonds. The smallest absolute Gasteiger partial charge is 0.250 e. The van der Waals surface area contributed by atoms with E-state index in [1.54, 1.807) is 11.8 Å². The molecule has 116 valence electrons. The molecule has 0 aliphatic rings. The molecule has 0 saturated carbocycles. The summed E-state index contributed by atoms with van der Waals surface area (Å²) < 4.78 is 0. The van der Waals surface area contributed by atoms with Gasteiger partial charge in [-0.3, -0.25) is 9.59 Å². The minimum atomic E-state index is -0.658. The second-order valence-electron chi connectivity index (χ2n) is 4.67. The van der Waals surface area contributed by atoms with Crippen molar-refractivity contribution in [2.45, 2.75) is 26.8 Å². The molecule has 1 rings (SSSR count). The van der Waals surface area contributed by atoms with Crippen molar-refractivity contribution in [2.75, 3.05) is 24.1 Å². The Balaban J connectivity index is 3.07. The van der Waals surface area contributed by atoms with Crippen molar-refractivity contribution in [3.63, 3.8) is 0 Å². The van der Waals surface area contributed by atoms with Gasteiger partial charge in [0.25, 0.3) is 5.91 Å². The highest BCUT2D eigenvalue weighted by molar-refractivity contribution is 6.34. The van der Waals surface area contributed by atoms with Gasteiger partial charge in [-0.05, 0) is 32.9 Å². The molecule has 0 heterocycles. The Labute approximate surface area is 129 Å². The summed E-state index contributed by atoms with van der Waals surface area (Å²) in [7, 11) is 0. The van der Waals surface area contributed by atoms with Gasteiger partial charge in [0, 0.05) is 18.8 Å². The van der Waals surface area contributed by atoms with Gasteiger partial charge in [-0.15, -0.1) is 0 Å². The van der Waals surface area contributed by atoms with Crippen LogP contribution in [0.4, 0.5) is 11.4 Å². The molecule has 7 heteroatoms. The SMILES string of the molecule is CCN(CC)C(=O)C(C)Nc1c(Cl)cc(N)cc1C(N)=O. The van der Waals surface area contributed by atoms with Crippen molar-refractivity contribution >= 4 is 34.8 Å². The lowest BCUT2D eigenvalue weighted by Gasteiger charge is -2.25. The van der Waals surface area contributed by atoms with Crippen LogP contribution in [0.1, 0.15) is 31.1 Å². The lowest BCUT2D eigenvalue weighted by Crippen LogP contribution is -2.41. The lowest BCUT2D eigenvalue weighted by molar-refractivity contribution is -0.131. The Kier molecular flexibility index (Phi) is 5.84. The third-order valence-electron chi connectivity index (χ3n) is 3.18. The van der Waals surface area contributed by atoms with Crippen LogP contribution in [0, 0.1) is 0 Å². The fourth-order valence-electron chi connectivity index (χ4n) is 2.06. The maximum absolute atomic E-state index is 12.2. The molecule has 0 spiro atoms. The van der Waals surface area contributed by atoms with Crippen molar-refractivity contribution in [1.82, 2.24) is 4.90 Å². The summed E-state index contributed by atoms with van der Waals surface area (Å²) in [6.07, 6.45) is 0. The Bertz CT molecular complexity index is 544. The van der Waals surface area contributed by atoms with Crippen LogP contribution in [0.2, 0.25) is 5.02 Å². The number of primary amides is 1. The second kappa shape index (κ2) is 7.17. The molecule has 6 nitrogen and oxygen atoms in total. The van der Waals surface area contributed by atoms with E-state index >= 15 is 0 Å². The van der Waals surface area contributed by atoms with Crippen molar-refractivity contribution in [3.8, 4) is 0 Å². The minimum Gasteiger partial charge on any atom is -0.399 e. The molecule has 1 atom stereocenters. The van der Waals surface area contributed by atoms with E-state index in [-0.39, 0.29) is 16.5 Å². The van der Waals surface area contributed by atoms with Gasteiger partial charge in [0.1, 0.15) is 6.04 Å². The predicted molar refractivity (Wildman–Crippen MR) is 85.4 cm³/mol. The average molecular weight is 313 g/mol. The number of carbonyl (C=O) groups excluding carboxylic acids is 2. The van der Waals surface area contributed by atoms with Gasteiger partial charge in [-0.2, -0.15) is 0 Å². The van der Waals surface area contributed by atoms with E-state index in [1.807, 2.05) is 13.8 Å². The predicted octanol–water partition coefficient (Wildman–Crippen LogP) is 1.69. The number of halogens is 1. The number of nitrogens with zero attached hydrogens (tertiary/aromatic N) is 1. The quantitative estimate of drug-likeness (QED) is 0.696. The van der Waals surface area contributed by atoms with Crippen molar-refractivity contribution in [3.05, 3.63) is 22.7 Å². The highest BCUT2D eigenvalue weighted by Crippen LogP contribution is 2.29. The first-order valence-corrected chi connectivity index (χ1v) is 7.13. The number of amides is 2. The van der Waals surface area contributed by atoms with E-state index in [9.17, 15) is 9.59 Å². The molecule has 1 aromatic rings. The molecule has 1 unspecified atom stereocenters.